The van der Waals surface area contributed by atoms with Crippen molar-refractivity contribution >= 4 is 17.6 Å². The van der Waals surface area contributed by atoms with Crippen molar-refractivity contribution in [3.8, 4) is 17.2 Å². The number of carboxylic acids is 1. The van der Waals surface area contributed by atoms with Crippen molar-refractivity contribution < 1.29 is 28.9 Å². The van der Waals surface area contributed by atoms with E-state index in [-0.39, 0.29) is 12.3 Å². The van der Waals surface area contributed by atoms with E-state index in [0.717, 1.165) is 5.56 Å². The van der Waals surface area contributed by atoms with Crippen molar-refractivity contribution in [2.45, 2.75) is 19.8 Å². The third-order valence-electron chi connectivity index (χ3n) is 3.89. The first-order valence-corrected chi connectivity index (χ1v) is 8.43. The molecule has 0 radical (unpaired) electrons. The Balaban J connectivity index is 2.00. The van der Waals surface area contributed by atoms with Crippen molar-refractivity contribution in [1.82, 2.24) is 0 Å². The number of hydrogen-bond donors (Lipinski definition) is 2. The first-order valence-electron chi connectivity index (χ1n) is 8.43. The molecule has 0 bridgehead atoms. The van der Waals surface area contributed by atoms with Gasteiger partial charge in [0.1, 0.15) is 5.75 Å². The van der Waals surface area contributed by atoms with Crippen molar-refractivity contribution in [2.24, 2.45) is 0 Å². The van der Waals surface area contributed by atoms with Gasteiger partial charge in [0.15, 0.2) is 11.5 Å². The summed E-state index contributed by atoms with van der Waals surface area (Å²) >= 11 is 0. The third-order valence-corrected chi connectivity index (χ3v) is 3.89. The van der Waals surface area contributed by atoms with E-state index in [1.807, 2.05) is 6.92 Å². The Hall–Kier alpha value is -3.22. The van der Waals surface area contributed by atoms with Crippen LogP contribution in [0.5, 0.6) is 17.2 Å². The van der Waals surface area contributed by atoms with Gasteiger partial charge in [-0.2, -0.15) is 0 Å². The molecule has 27 heavy (non-hydrogen) atoms. The number of aliphatic carboxylic acids is 1. The number of carbonyl (C=O) groups is 2. The van der Waals surface area contributed by atoms with Crippen LogP contribution in [-0.4, -0.2) is 37.8 Å². The fourth-order valence-electron chi connectivity index (χ4n) is 2.47. The van der Waals surface area contributed by atoms with Crippen LogP contribution in [0.3, 0.4) is 0 Å². The van der Waals surface area contributed by atoms with E-state index in [1.54, 1.807) is 43.5 Å². The molecule has 0 aromatic heterocycles. The van der Waals surface area contributed by atoms with Gasteiger partial charge in [-0.25, -0.2) is 0 Å². The summed E-state index contributed by atoms with van der Waals surface area (Å²) in [7, 11) is 3.06. The number of carbonyl (C=O) groups excluding carboxylic acids is 1. The molecule has 144 valence electrons. The molecule has 0 saturated heterocycles. The predicted octanol–water partition coefficient (Wildman–Crippen LogP) is 3.51. The largest absolute Gasteiger partial charge is 0.494 e. The van der Waals surface area contributed by atoms with E-state index >= 15 is 0 Å². The van der Waals surface area contributed by atoms with Crippen LogP contribution in [0.25, 0.3) is 0 Å². The zero-order valence-electron chi connectivity index (χ0n) is 15.6. The molecule has 2 rings (SSSR count). The highest BCUT2D eigenvalue weighted by Gasteiger charge is 2.14. The van der Waals surface area contributed by atoms with Crippen LogP contribution < -0.4 is 19.5 Å². The molecule has 1 amide bonds. The molecule has 7 heteroatoms. The molecule has 2 aromatic rings. The lowest BCUT2D eigenvalue weighted by atomic mass is 10.1. The summed E-state index contributed by atoms with van der Waals surface area (Å²) in [5, 5.41) is 11.4. The van der Waals surface area contributed by atoms with Gasteiger partial charge in [0, 0.05) is 17.7 Å². The maximum absolute atomic E-state index is 12.6. The van der Waals surface area contributed by atoms with Crippen molar-refractivity contribution in [2.75, 3.05) is 26.1 Å². The number of rotatable bonds is 9. The van der Waals surface area contributed by atoms with Gasteiger partial charge in [-0.15, -0.1) is 0 Å². The minimum absolute atomic E-state index is 0.0683. The van der Waals surface area contributed by atoms with Crippen LogP contribution in [0.2, 0.25) is 0 Å². The van der Waals surface area contributed by atoms with Crippen molar-refractivity contribution in [3.05, 3.63) is 47.5 Å². The van der Waals surface area contributed by atoms with Crippen LogP contribution in [0, 0.1) is 6.92 Å². The SMILES string of the molecule is COc1cc(C)c(C(=O)Nc2ccc(OCCCC(=O)O)cc2)cc1OC. The predicted molar refractivity (Wildman–Crippen MR) is 101 cm³/mol. The van der Waals surface area contributed by atoms with Gasteiger partial charge in [-0.05, 0) is 55.3 Å². The van der Waals surface area contributed by atoms with E-state index in [2.05, 4.69) is 5.32 Å². The Bertz CT molecular complexity index is 801. The zero-order chi connectivity index (χ0) is 19.8. The fraction of sp³-hybridized carbons (Fsp3) is 0.300. The molecule has 2 N–H and O–H groups in total. The minimum atomic E-state index is -0.845. The van der Waals surface area contributed by atoms with E-state index in [0.29, 0.717) is 41.5 Å². The number of anilines is 1. The van der Waals surface area contributed by atoms with Crippen LogP contribution in [-0.2, 0) is 4.79 Å². The lowest BCUT2D eigenvalue weighted by Gasteiger charge is -2.13. The molecule has 0 spiro atoms. The van der Waals surface area contributed by atoms with Crippen LogP contribution in [0.1, 0.15) is 28.8 Å². The number of amides is 1. The van der Waals surface area contributed by atoms with E-state index in [9.17, 15) is 9.59 Å². The van der Waals surface area contributed by atoms with Gasteiger partial charge in [0.2, 0.25) is 0 Å². The topological polar surface area (TPSA) is 94.1 Å². The molecule has 0 aliphatic heterocycles. The van der Waals surface area contributed by atoms with Crippen LogP contribution in [0.4, 0.5) is 5.69 Å². The van der Waals surface area contributed by atoms with Gasteiger partial charge in [-0.1, -0.05) is 0 Å². The number of benzene rings is 2. The van der Waals surface area contributed by atoms with Crippen molar-refractivity contribution in [1.29, 1.82) is 0 Å². The number of hydrogen-bond acceptors (Lipinski definition) is 5. The number of carboxylic acid groups (broad SMARTS) is 1. The van der Waals surface area contributed by atoms with Crippen LogP contribution in [0.15, 0.2) is 36.4 Å². The highest BCUT2D eigenvalue weighted by atomic mass is 16.5. The van der Waals surface area contributed by atoms with E-state index in [1.165, 1.54) is 7.11 Å². The maximum atomic E-state index is 12.6. The fourth-order valence-corrected chi connectivity index (χ4v) is 2.47. The summed E-state index contributed by atoms with van der Waals surface area (Å²) in [5.74, 6) is 0.556. The van der Waals surface area contributed by atoms with E-state index in [4.69, 9.17) is 19.3 Å². The first kappa shape index (κ1) is 20.1. The summed E-state index contributed by atoms with van der Waals surface area (Å²) in [5.41, 5.74) is 1.87. The second kappa shape index (κ2) is 9.47. The van der Waals surface area contributed by atoms with E-state index < -0.39 is 5.97 Å². The second-order valence-electron chi connectivity index (χ2n) is 5.85. The summed E-state index contributed by atoms with van der Waals surface area (Å²) < 4.78 is 16.0. The summed E-state index contributed by atoms with van der Waals surface area (Å²) in [6.45, 7) is 2.15. The molecule has 0 aliphatic rings. The first-order chi connectivity index (χ1) is 12.9. The maximum Gasteiger partial charge on any atom is 0.303 e. The molecule has 0 aliphatic carbocycles. The standard InChI is InChI=1S/C20H23NO6/c1-13-11-17(25-2)18(26-3)12-16(13)20(24)21-14-6-8-15(9-7-14)27-10-4-5-19(22)23/h6-9,11-12H,4-5,10H2,1-3H3,(H,21,24)(H,22,23). The average molecular weight is 373 g/mol. The molecule has 2 aromatic carbocycles. The molecule has 0 saturated carbocycles. The summed E-state index contributed by atoms with van der Waals surface area (Å²) in [6.07, 6.45) is 0.505. The van der Waals surface area contributed by atoms with Gasteiger partial charge in [-0.3, -0.25) is 9.59 Å². The number of aryl methyl sites for hydroxylation is 1. The molecular weight excluding hydrogens is 350 g/mol. The molecule has 0 fully saturated rings. The van der Waals surface area contributed by atoms with Gasteiger partial charge < -0.3 is 24.6 Å². The Morgan fingerprint density at radius 3 is 2.26 bits per heavy atom. The smallest absolute Gasteiger partial charge is 0.303 e. The lowest BCUT2D eigenvalue weighted by molar-refractivity contribution is -0.137. The second-order valence-corrected chi connectivity index (χ2v) is 5.85. The minimum Gasteiger partial charge on any atom is -0.494 e. The highest BCUT2D eigenvalue weighted by molar-refractivity contribution is 6.05. The van der Waals surface area contributed by atoms with Gasteiger partial charge >= 0.3 is 5.97 Å². The zero-order valence-corrected chi connectivity index (χ0v) is 15.6. The normalized spacial score (nSPS) is 10.2. The molecular formula is C20H23NO6. The number of nitrogens with one attached hydrogen (secondary N) is 1. The Labute approximate surface area is 157 Å². The Morgan fingerprint density at radius 1 is 1.04 bits per heavy atom. The molecule has 0 heterocycles. The van der Waals surface area contributed by atoms with Crippen molar-refractivity contribution in [3.63, 3.8) is 0 Å². The highest BCUT2D eigenvalue weighted by Crippen LogP contribution is 2.30. The molecule has 0 atom stereocenters. The number of methoxy groups -OCH3 is 2. The van der Waals surface area contributed by atoms with Crippen LogP contribution >= 0.6 is 0 Å². The summed E-state index contributed by atoms with van der Waals surface area (Å²) in [6, 6.07) is 10.3. The van der Waals surface area contributed by atoms with Gasteiger partial charge in [0.25, 0.3) is 5.91 Å². The van der Waals surface area contributed by atoms with Gasteiger partial charge in [0.05, 0.1) is 20.8 Å². The quantitative estimate of drug-likeness (QED) is 0.653. The average Bonchev–Trinajstić information content (AvgIpc) is 2.65. The third kappa shape index (κ3) is 5.64. The Kier molecular flexibility index (Phi) is 7.05. The monoisotopic (exact) mass is 373 g/mol. The molecule has 0 unspecified atom stereocenters. The number of ether oxygens (including phenoxy) is 3. The Morgan fingerprint density at radius 2 is 1.67 bits per heavy atom. The molecule has 7 nitrogen and oxygen atoms in total. The summed E-state index contributed by atoms with van der Waals surface area (Å²) in [4.78, 5) is 23.0. The lowest BCUT2D eigenvalue weighted by Crippen LogP contribution is -2.13.